The van der Waals surface area contributed by atoms with E-state index in [4.69, 9.17) is 0 Å². The normalized spacial score (nSPS) is 13.5. The summed E-state index contributed by atoms with van der Waals surface area (Å²) in [5, 5.41) is 2.38. The highest BCUT2D eigenvalue weighted by molar-refractivity contribution is 7.02. The molecular weight excluding hydrogens is 396 g/mol. The van der Waals surface area contributed by atoms with Crippen molar-refractivity contribution in [3.8, 4) is 0 Å². The fourth-order valence-electron chi connectivity index (χ4n) is 4.37. The zero-order chi connectivity index (χ0) is 22.6. The van der Waals surface area contributed by atoms with E-state index >= 15 is 0 Å². The van der Waals surface area contributed by atoms with Crippen LogP contribution in [0, 0.1) is 0 Å². The standard InChI is InChI=1S/C27H32N2OSi/c1-7-15-28(16-8-2)21-11-13-23-25(19-21)31(5,6)26-20-22(12-14-24(26)27(23)30)29(17-9-3)18-10-4/h7-14,19-20H,1-4,15-18H2,5-6H3. The monoisotopic (exact) mass is 428 g/mol. The zero-order valence-corrected chi connectivity index (χ0v) is 19.7. The predicted octanol–water partition coefficient (Wildman–Crippen LogP) is 4.41. The smallest absolute Gasteiger partial charge is 0.192 e. The second kappa shape index (κ2) is 9.35. The molecule has 31 heavy (non-hydrogen) atoms. The highest BCUT2D eigenvalue weighted by atomic mass is 28.3. The largest absolute Gasteiger partial charge is 0.364 e. The Morgan fingerprint density at radius 1 is 0.710 bits per heavy atom. The number of fused-ring (bicyclic) bond motifs is 2. The van der Waals surface area contributed by atoms with Crippen LogP contribution in [0.1, 0.15) is 15.9 Å². The average Bonchev–Trinajstić information content (AvgIpc) is 2.77. The summed E-state index contributed by atoms with van der Waals surface area (Å²) in [6.07, 6.45) is 7.58. The lowest BCUT2D eigenvalue weighted by Crippen LogP contribution is -2.60. The second-order valence-electron chi connectivity index (χ2n) is 8.38. The topological polar surface area (TPSA) is 23.6 Å². The molecule has 0 radical (unpaired) electrons. The summed E-state index contributed by atoms with van der Waals surface area (Å²) in [7, 11) is -2.10. The van der Waals surface area contributed by atoms with Crippen LogP contribution >= 0.6 is 0 Å². The van der Waals surface area contributed by atoms with Gasteiger partial charge in [-0.1, -0.05) is 37.4 Å². The summed E-state index contributed by atoms with van der Waals surface area (Å²) in [5.41, 5.74) is 3.89. The predicted molar refractivity (Wildman–Crippen MR) is 138 cm³/mol. The van der Waals surface area contributed by atoms with Crippen LogP contribution in [0.2, 0.25) is 13.1 Å². The van der Waals surface area contributed by atoms with Crippen LogP contribution in [0.5, 0.6) is 0 Å². The Balaban J connectivity index is 2.12. The molecule has 160 valence electrons. The average molecular weight is 429 g/mol. The molecule has 4 heteroatoms. The van der Waals surface area contributed by atoms with Crippen LogP contribution < -0.4 is 20.2 Å². The van der Waals surface area contributed by atoms with Gasteiger partial charge < -0.3 is 9.80 Å². The molecule has 0 spiro atoms. The lowest BCUT2D eigenvalue weighted by atomic mass is 10.0. The molecule has 0 aliphatic carbocycles. The molecular formula is C27H32N2OSi. The Kier molecular flexibility index (Phi) is 6.81. The molecule has 0 atom stereocenters. The Bertz CT molecular complexity index is 938. The minimum atomic E-state index is -2.10. The number of benzene rings is 2. The minimum Gasteiger partial charge on any atom is -0.364 e. The van der Waals surface area contributed by atoms with E-state index in [-0.39, 0.29) is 5.78 Å². The van der Waals surface area contributed by atoms with E-state index in [0.717, 1.165) is 48.7 Å². The summed E-state index contributed by atoms with van der Waals surface area (Å²) < 4.78 is 0. The number of hydrogen-bond donors (Lipinski definition) is 0. The van der Waals surface area contributed by atoms with Crippen molar-refractivity contribution in [1.29, 1.82) is 0 Å². The van der Waals surface area contributed by atoms with E-state index in [1.807, 2.05) is 48.6 Å². The van der Waals surface area contributed by atoms with Crippen LogP contribution in [0.4, 0.5) is 11.4 Å². The fourth-order valence-corrected chi connectivity index (χ4v) is 7.42. The highest BCUT2D eigenvalue weighted by Crippen LogP contribution is 2.26. The molecule has 1 aliphatic heterocycles. The first kappa shape index (κ1) is 22.6. The molecule has 3 nitrogen and oxygen atoms in total. The number of carbonyl (C=O) groups excluding carboxylic acids is 1. The molecule has 2 aromatic carbocycles. The van der Waals surface area contributed by atoms with Gasteiger partial charge in [-0.2, -0.15) is 0 Å². The molecule has 0 saturated carbocycles. The van der Waals surface area contributed by atoms with Crippen molar-refractivity contribution in [2.75, 3.05) is 36.0 Å². The number of anilines is 2. The first-order valence-electron chi connectivity index (χ1n) is 10.7. The van der Waals surface area contributed by atoms with Crippen LogP contribution in [0.25, 0.3) is 0 Å². The Morgan fingerprint density at radius 3 is 1.39 bits per heavy atom. The number of nitrogens with zero attached hydrogens (tertiary/aromatic N) is 2. The molecule has 3 rings (SSSR count). The number of ketones is 1. The van der Waals surface area contributed by atoms with Crippen molar-refractivity contribution in [1.82, 2.24) is 0 Å². The first-order valence-corrected chi connectivity index (χ1v) is 13.7. The van der Waals surface area contributed by atoms with Crippen molar-refractivity contribution < 1.29 is 4.79 Å². The molecule has 0 amide bonds. The van der Waals surface area contributed by atoms with Gasteiger partial charge in [0.15, 0.2) is 5.78 Å². The molecule has 0 aromatic heterocycles. The van der Waals surface area contributed by atoms with Gasteiger partial charge in [-0.3, -0.25) is 4.79 Å². The van der Waals surface area contributed by atoms with E-state index in [1.54, 1.807) is 0 Å². The number of carbonyl (C=O) groups is 1. The fraction of sp³-hybridized carbons (Fsp3) is 0.222. The van der Waals surface area contributed by atoms with Crippen molar-refractivity contribution in [3.63, 3.8) is 0 Å². The maximum absolute atomic E-state index is 13.4. The van der Waals surface area contributed by atoms with E-state index in [9.17, 15) is 4.79 Å². The maximum atomic E-state index is 13.4. The highest BCUT2D eigenvalue weighted by Gasteiger charge is 2.39. The van der Waals surface area contributed by atoms with E-state index < -0.39 is 8.07 Å². The maximum Gasteiger partial charge on any atom is 0.192 e. The minimum absolute atomic E-state index is 0.118. The van der Waals surface area contributed by atoms with Crippen molar-refractivity contribution >= 4 is 35.6 Å². The third-order valence-electron chi connectivity index (χ3n) is 5.97. The molecule has 0 unspecified atom stereocenters. The van der Waals surface area contributed by atoms with Gasteiger partial charge in [0.05, 0.1) is 0 Å². The molecule has 0 saturated heterocycles. The van der Waals surface area contributed by atoms with Crippen molar-refractivity contribution in [2.24, 2.45) is 0 Å². The molecule has 0 bridgehead atoms. The van der Waals surface area contributed by atoms with Crippen molar-refractivity contribution in [3.05, 3.63) is 98.1 Å². The van der Waals surface area contributed by atoms with Crippen LogP contribution in [0.3, 0.4) is 0 Å². The van der Waals surface area contributed by atoms with Gasteiger partial charge in [-0.25, -0.2) is 0 Å². The summed E-state index contributed by atoms with van der Waals surface area (Å²) >= 11 is 0. The zero-order valence-electron chi connectivity index (χ0n) is 18.7. The molecule has 1 aliphatic rings. The number of hydrogen-bond acceptors (Lipinski definition) is 3. The summed E-state index contributed by atoms with van der Waals surface area (Å²) in [4.78, 5) is 17.8. The van der Waals surface area contributed by atoms with E-state index in [2.05, 4.69) is 61.3 Å². The van der Waals surface area contributed by atoms with E-state index in [1.165, 1.54) is 10.4 Å². The molecule has 0 N–H and O–H groups in total. The van der Waals surface area contributed by atoms with E-state index in [0.29, 0.717) is 0 Å². The Morgan fingerprint density at radius 2 is 1.06 bits per heavy atom. The van der Waals surface area contributed by atoms with Gasteiger partial charge in [0, 0.05) is 48.7 Å². The van der Waals surface area contributed by atoms with Crippen molar-refractivity contribution in [2.45, 2.75) is 13.1 Å². The van der Waals surface area contributed by atoms with Crippen LogP contribution in [-0.2, 0) is 0 Å². The first-order chi connectivity index (χ1) is 14.9. The second-order valence-corrected chi connectivity index (χ2v) is 12.7. The summed E-state index contributed by atoms with van der Waals surface area (Å²) in [6.45, 7) is 23.1. The molecule has 0 fully saturated rings. The summed E-state index contributed by atoms with van der Waals surface area (Å²) in [5.74, 6) is 0.118. The van der Waals surface area contributed by atoms with Gasteiger partial charge in [0.1, 0.15) is 8.07 Å². The SMILES string of the molecule is C=CCN(CC=C)c1ccc2c(c1)[Si](C)(C)c1cc(N(CC=C)CC=C)ccc1C2=O. The quantitative estimate of drug-likeness (QED) is 0.414. The lowest BCUT2D eigenvalue weighted by molar-refractivity contribution is 0.104. The lowest BCUT2D eigenvalue weighted by Gasteiger charge is -2.35. The van der Waals surface area contributed by atoms with Crippen LogP contribution in [0.15, 0.2) is 87.0 Å². The third kappa shape index (κ3) is 4.21. The van der Waals surface area contributed by atoms with Gasteiger partial charge in [0.2, 0.25) is 0 Å². The third-order valence-corrected chi connectivity index (χ3v) is 9.49. The Hall–Kier alpha value is -3.11. The number of rotatable bonds is 10. The van der Waals surface area contributed by atoms with Gasteiger partial charge in [-0.15, -0.1) is 26.3 Å². The Labute approximate surface area is 187 Å². The molecule has 1 heterocycles. The van der Waals surface area contributed by atoms with Gasteiger partial charge >= 0.3 is 0 Å². The van der Waals surface area contributed by atoms with Crippen LogP contribution in [-0.4, -0.2) is 40.0 Å². The van der Waals surface area contributed by atoms with Gasteiger partial charge in [0.25, 0.3) is 0 Å². The van der Waals surface area contributed by atoms with Gasteiger partial charge in [-0.05, 0) is 46.8 Å². The molecule has 2 aromatic rings. The summed E-state index contributed by atoms with van der Waals surface area (Å²) in [6, 6.07) is 12.5.